The highest BCUT2D eigenvalue weighted by Gasteiger charge is 2.24. The third-order valence-corrected chi connectivity index (χ3v) is 5.15. The fourth-order valence-corrected chi connectivity index (χ4v) is 3.64. The normalized spacial score (nSPS) is 20.8. The molecule has 2 aliphatic rings. The molecule has 3 rings (SSSR count). The van der Waals surface area contributed by atoms with Gasteiger partial charge in [-0.25, -0.2) is 0 Å². The molecule has 2 saturated heterocycles. The second-order valence-corrected chi connectivity index (χ2v) is 7.17. The van der Waals surface area contributed by atoms with Crippen LogP contribution in [0.25, 0.3) is 0 Å². The molecular formula is C20H29N3O3. The van der Waals surface area contributed by atoms with Gasteiger partial charge in [-0.15, -0.1) is 0 Å². The van der Waals surface area contributed by atoms with E-state index in [1.807, 2.05) is 28.0 Å². The van der Waals surface area contributed by atoms with Crippen molar-refractivity contribution in [3.05, 3.63) is 30.1 Å². The summed E-state index contributed by atoms with van der Waals surface area (Å²) in [6, 6.07) is 5.75. The maximum absolute atomic E-state index is 12.9. The van der Waals surface area contributed by atoms with E-state index in [1.165, 1.54) is 0 Å². The zero-order valence-corrected chi connectivity index (χ0v) is 15.4. The summed E-state index contributed by atoms with van der Waals surface area (Å²) >= 11 is 0. The van der Waals surface area contributed by atoms with E-state index in [1.54, 1.807) is 6.20 Å². The van der Waals surface area contributed by atoms with Crippen molar-refractivity contribution in [2.24, 2.45) is 0 Å². The summed E-state index contributed by atoms with van der Waals surface area (Å²) in [5.41, 5.74) is 0.879. The van der Waals surface area contributed by atoms with E-state index in [0.717, 1.165) is 50.9 Å². The van der Waals surface area contributed by atoms with E-state index in [2.05, 4.69) is 4.98 Å². The van der Waals surface area contributed by atoms with E-state index in [9.17, 15) is 9.59 Å². The molecule has 1 aromatic rings. The number of carbonyl (C=O) groups excluding carboxylic acids is 2. The van der Waals surface area contributed by atoms with Crippen LogP contribution in [0.3, 0.4) is 0 Å². The van der Waals surface area contributed by atoms with Gasteiger partial charge in [0.15, 0.2) is 0 Å². The standard InChI is InChI=1S/C20H29N3O3/c24-19-9-2-1-5-12-22(19)13-10-20(25)23(16-18-8-6-14-26-18)15-17-7-3-4-11-21-17/h3-4,7,11,18H,1-2,5-6,8-10,12-16H2. The van der Waals surface area contributed by atoms with Gasteiger partial charge in [0.25, 0.3) is 0 Å². The lowest BCUT2D eigenvalue weighted by atomic mass is 10.2. The number of carbonyl (C=O) groups is 2. The number of hydrogen-bond acceptors (Lipinski definition) is 4. The third kappa shape index (κ3) is 5.53. The van der Waals surface area contributed by atoms with E-state index in [0.29, 0.717) is 32.5 Å². The fraction of sp³-hybridized carbons (Fsp3) is 0.650. The highest BCUT2D eigenvalue weighted by Crippen LogP contribution is 2.16. The zero-order chi connectivity index (χ0) is 18.2. The first-order chi connectivity index (χ1) is 12.7. The first-order valence-corrected chi connectivity index (χ1v) is 9.79. The summed E-state index contributed by atoms with van der Waals surface area (Å²) < 4.78 is 5.72. The Balaban J connectivity index is 1.58. The Hall–Kier alpha value is -1.95. The van der Waals surface area contributed by atoms with Crippen molar-refractivity contribution in [2.75, 3.05) is 26.2 Å². The molecule has 0 spiro atoms. The molecule has 3 heterocycles. The van der Waals surface area contributed by atoms with Crippen molar-refractivity contribution in [3.8, 4) is 0 Å². The number of amides is 2. The molecule has 6 nitrogen and oxygen atoms in total. The van der Waals surface area contributed by atoms with Crippen LogP contribution in [-0.2, 0) is 20.9 Å². The molecule has 1 atom stereocenters. The molecule has 0 N–H and O–H groups in total. The highest BCUT2D eigenvalue weighted by molar-refractivity contribution is 5.79. The van der Waals surface area contributed by atoms with Crippen molar-refractivity contribution >= 4 is 11.8 Å². The van der Waals surface area contributed by atoms with Gasteiger partial charge in [-0.1, -0.05) is 12.5 Å². The summed E-state index contributed by atoms with van der Waals surface area (Å²) in [7, 11) is 0. The van der Waals surface area contributed by atoms with Gasteiger partial charge in [0.05, 0.1) is 18.3 Å². The average Bonchev–Trinajstić information content (AvgIpc) is 3.08. The third-order valence-electron chi connectivity index (χ3n) is 5.15. The van der Waals surface area contributed by atoms with Crippen LogP contribution in [0, 0.1) is 0 Å². The van der Waals surface area contributed by atoms with E-state index < -0.39 is 0 Å². The number of likely N-dealkylation sites (tertiary alicyclic amines) is 1. The maximum Gasteiger partial charge on any atom is 0.224 e. The van der Waals surface area contributed by atoms with Gasteiger partial charge >= 0.3 is 0 Å². The maximum atomic E-state index is 12.9. The molecule has 26 heavy (non-hydrogen) atoms. The first kappa shape index (κ1) is 18.8. The summed E-state index contributed by atoms with van der Waals surface area (Å²) in [6.45, 7) is 3.16. The van der Waals surface area contributed by atoms with Crippen LogP contribution in [0.2, 0.25) is 0 Å². The Bertz CT molecular complexity index is 587. The van der Waals surface area contributed by atoms with Crippen LogP contribution >= 0.6 is 0 Å². The van der Waals surface area contributed by atoms with E-state index in [-0.39, 0.29) is 17.9 Å². The lowest BCUT2D eigenvalue weighted by Crippen LogP contribution is -2.40. The Labute approximate surface area is 155 Å². The van der Waals surface area contributed by atoms with Crippen LogP contribution in [0.1, 0.15) is 50.6 Å². The first-order valence-electron chi connectivity index (χ1n) is 9.79. The van der Waals surface area contributed by atoms with Gasteiger partial charge < -0.3 is 14.5 Å². The summed E-state index contributed by atoms with van der Waals surface area (Å²) in [5.74, 6) is 0.258. The average molecular weight is 359 g/mol. The minimum Gasteiger partial charge on any atom is -0.376 e. The molecule has 0 saturated carbocycles. The molecule has 0 aromatic carbocycles. The van der Waals surface area contributed by atoms with Crippen molar-refractivity contribution in [2.45, 2.75) is 57.6 Å². The molecule has 6 heteroatoms. The molecule has 142 valence electrons. The predicted octanol–water partition coefficient (Wildman–Crippen LogP) is 2.38. The van der Waals surface area contributed by atoms with Crippen molar-refractivity contribution in [1.29, 1.82) is 0 Å². The van der Waals surface area contributed by atoms with Gasteiger partial charge in [-0.2, -0.15) is 0 Å². The molecule has 2 fully saturated rings. The minimum absolute atomic E-state index is 0.0724. The van der Waals surface area contributed by atoms with Gasteiger partial charge in [0, 0.05) is 45.3 Å². The van der Waals surface area contributed by atoms with E-state index in [4.69, 9.17) is 4.74 Å². The quantitative estimate of drug-likeness (QED) is 0.750. The fourth-order valence-electron chi connectivity index (χ4n) is 3.64. The number of pyridine rings is 1. The smallest absolute Gasteiger partial charge is 0.224 e. The SMILES string of the molecule is O=C1CCCCCN1CCC(=O)N(Cc1ccccn1)CC1CCCO1. The van der Waals surface area contributed by atoms with Gasteiger partial charge in [-0.05, 0) is 37.8 Å². The molecule has 0 aliphatic carbocycles. The molecule has 2 amide bonds. The number of nitrogens with zero attached hydrogens (tertiary/aromatic N) is 3. The van der Waals surface area contributed by atoms with Crippen LogP contribution in [-0.4, -0.2) is 58.9 Å². The van der Waals surface area contributed by atoms with Crippen LogP contribution in [0.15, 0.2) is 24.4 Å². The monoisotopic (exact) mass is 359 g/mol. The predicted molar refractivity (Wildman–Crippen MR) is 98.3 cm³/mol. The Kier molecular flexibility index (Phi) is 7.00. The Morgan fingerprint density at radius 1 is 1.27 bits per heavy atom. The number of ether oxygens (including phenoxy) is 1. The highest BCUT2D eigenvalue weighted by atomic mass is 16.5. The molecule has 0 radical (unpaired) electrons. The molecule has 1 aromatic heterocycles. The number of hydrogen-bond donors (Lipinski definition) is 0. The molecule has 0 bridgehead atoms. The summed E-state index contributed by atoms with van der Waals surface area (Å²) in [5, 5.41) is 0. The van der Waals surface area contributed by atoms with Crippen LogP contribution < -0.4 is 0 Å². The van der Waals surface area contributed by atoms with Crippen molar-refractivity contribution in [1.82, 2.24) is 14.8 Å². The van der Waals surface area contributed by atoms with Crippen molar-refractivity contribution in [3.63, 3.8) is 0 Å². The van der Waals surface area contributed by atoms with Crippen LogP contribution in [0.5, 0.6) is 0 Å². The van der Waals surface area contributed by atoms with E-state index >= 15 is 0 Å². The minimum atomic E-state index is 0.0724. The molecule has 2 aliphatic heterocycles. The molecular weight excluding hydrogens is 330 g/mol. The van der Waals surface area contributed by atoms with Gasteiger partial charge in [0.2, 0.25) is 11.8 Å². The number of rotatable bonds is 7. The topological polar surface area (TPSA) is 62.7 Å². The lowest BCUT2D eigenvalue weighted by Gasteiger charge is -2.27. The Morgan fingerprint density at radius 2 is 2.19 bits per heavy atom. The van der Waals surface area contributed by atoms with Gasteiger partial charge in [0.1, 0.15) is 0 Å². The Morgan fingerprint density at radius 3 is 2.96 bits per heavy atom. The second-order valence-electron chi connectivity index (χ2n) is 7.17. The largest absolute Gasteiger partial charge is 0.376 e. The van der Waals surface area contributed by atoms with Crippen molar-refractivity contribution < 1.29 is 14.3 Å². The van der Waals surface area contributed by atoms with Crippen LogP contribution in [0.4, 0.5) is 0 Å². The zero-order valence-electron chi connectivity index (χ0n) is 15.4. The van der Waals surface area contributed by atoms with Gasteiger partial charge in [-0.3, -0.25) is 14.6 Å². The lowest BCUT2D eigenvalue weighted by molar-refractivity contribution is -0.135. The summed E-state index contributed by atoms with van der Waals surface area (Å²) in [4.78, 5) is 33.1. The second kappa shape index (κ2) is 9.67. The number of aromatic nitrogens is 1. The molecule has 1 unspecified atom stereocenters. The summed E-state index contributed by atoms with van der Waals surface area (Å²) in [6.07, 6.45) is 7.99.